The number of nitrogens with zero attached hydrogens (tertiary/aromatic N) is 2. The van der Waals surface area contributed by atoms with Gasteiger partial charge < -0.3 is 11.1 Å². The molecule has 1 heterocycles. The molecule has 1 amide bonds. The normalized spacial score (nSPS) is 10.6. The van der Waals surface area contributed by atoms with Crippen LogP contribution in [0, 0.1) is 10.1 Å². The summed E-state index contributed by atoms with van der Waals surface area (Å²) in [5.41, 5.74) is 5.63. The quantitative estimate of drug-likeness (QED) is 0.651. The second-order valence-corrected chi connectivity index (χ2v) is 5.68. The Labute approximate surface area is 125 Å². The number of hydrogen-bond acceptors (Lipinski definition) is 6. The maximum Gasteiger partial charge on any atom is 0.292 e. The number of carbonyl (C=O) groups is 1. The van der Waals surface area contributed by atoms with Crippen molar-refractivity contribution in [2.24, 2.45) is 5.73 Å². The zero-order valence-corrected chi connectivity index (χ0v) is 12.3. The maximum absolute atomic E-state index is 11.5. The monoisotopic (exact) mass is 306 g/mol. The summed E-state index contributed by atoms with van der Waals surface area (Å²) in [7, 11) is 0. The average Bonchev–Trinajstić information content (AvgIpc) is 2.83. The second kappa shape index (κ2) is 5.88. The predicted octanol–water partition coefficient (Wildman–Crippen LogP) is 3.02. The summed E-state index contributed by atoms with van der Waals surface area (Å²) in [6.45, 7) is 3.89. The van der Waals surface area contributed by atoms with Gasteiger partial charge in [-0.25, -0.2) is 4.98 Å². The molecule has 0 radical (unpaired) electrons. The first-order chi connectivity index (χ1) is 9.90. The van der Waals surface area contributed by atoms with E-state index in [2.05, 4.69) is 10.3 Å². The number of aromatic nitrogens is 1. The molecule has 0 aliphatic heterocycles. The van der Waals surface area contributed by atoms with Crippen molar-refractivity contribution in [1.82, 2.24) is 4.98 Å². The van der Waals surface area contributed by atoms with Crippen molar-refractivity contribution in [3.05, 3.63) is 45.1 Å². The standard InChI is InChI=1S/C13H14N4O3S/c1-7(2)12-16-10(11(14)18)13(21-12)15-8-5-3-4-6-9(8)17(19)20/h3-7,15H,1-2H3,(H2,14,18). The summed E-state index contributed by atoms with van der Waals surface area (Å²) < 4.78 is 0. The van der Waals surface area contributed by atoms with Crippen molar-refractivity contribution >= 4 is 33.6 Å². The lowest BCUT2D eigenvalue weighted by Gasteiger charge is -2.05. The highest BCUT2D eigenvalue weighted by Crippen LogP contribution is 2.34. The molecule has 0 spiro atoms. The number of amides is 1. The minimum Gasteiger partial charge on any atom is -0.364 e. The SMILES string of the molecule is CC(C)c1nc(C(N)=O)c(Nc2ccccc2[N+](=O)[O-])s1. The maximum atomic E-state index is 11.5. The van der Waals surface area contributed by atoms with E-state index in [-0.39, 0.29) is 17.3 Å². The lowest BCUT2D eigenvalue weighted by molar-refractivity contribution is -0.383. The van der Waals surface area contributed by atoms with Crippen molar-refractivity contribution in [3.8, 4) is 0 Å². The zero-order valence-electron chi connectivity index (χ0n) is 11.5. The first-order valence-electron chi connectivity index (χ1n) is 6.21. The number of hydrogen-bond donors (Lipinski definition) is 2. The highest BCUT2D eigenvalue weighted by molar-refractivity contribution is 7.16. The highest BCUT2D eigenvalue weighted by Gasteiger charge is 2.20. The molecule has 2 rings (SSSR count). The third-order valence-corrected chi connectivity index (χ3v) is 3.99. The van der Waals surface area contributed by atoms with Crippen LogP contribution in [0.15, 0.2) is 24.3 Å². The zero-order chi connectivity index (χ0) is 15.6. The molecule has 0 atom stereocenters. The Morgan fingerprint density at radius 2 is 2.10 bits per heavy atom. The van der Waals surface area contributed by atoms with Crippen LogP contribution in [0.3, 0.4) is 0 Å². The molecule has 0 unspecified atom stereocenters. The molecule has 7 nitrogen and oxygen atoms in total. The van der Waals surface area contributed by atoms with Gasteiger partial charge in [0.2, 0.25) is 0 Å². The van der Waals surface area contributed by atoms with E-state index in [1.807, 2.05) is 13.8 Å². The Morgan fingerprint density at radius 1 is 1.43 bits per heavy atom. The summed E-state index contributed by atoms with van der Waals surface area (Å²) in [4.78, 5) is 26.2. The van der Waals surface area contributed by atoms with E-state index in [0.717, 1.165) is 5.01 Å². The van der Waals surface area contributed by atoms with Crippen LogP contribution in [0.4, 0.5) is 16.4 Å². The number of nitro benzene ring substituents is 1. The van der Waals surface area contributed by atoms with E-state index in [0.29, 0.717) is 10.7 Å². The lowest BCUT2D eigenvalue weighted by atomic mass is 10.2. The Bertz CT molecular complexity index is 696. The molecule has 3 N–H and O–H groups in total. The molecule has 0 saturated carbocycles. The second-order valence-electron chi connectivity index (χ2n) is 4.65. The van der Waals surface area contributed by atoms with Gasteiger partial charge in [0, 0.05) is 12.0 Å². The topological polar surface area (TPSA) is 111 Å². The number of nitro groups is 1. The largest absolute Gasteiger partial charge is 0.364 e. The Balaban J connectivity index is 2.44. The third kappa shape index (κ3) is 3.16. The molecular weight excluding hydrogens is 292 g/mol. The number of thiazole rings is 1. The van der Waals surface area contributed by atoms with Crippen LogP contribution >= 0.6 is 11.3 Å². The molecule has 110 valence electrons. The molecule has 2 aromatic rings. The van der Waals surface area contributed by atoms with Crippen molar-refractivity contribution in [2.75, 3.05) is 5.32 Å². The number of benzene rings is 1. The van der Waals surface area contributed by atoms with Gasteiger partial charge in [0.1, 0.15) is 10.7 Å². The third-order valence-electron chi connectivity index (χ3n) is 2.72. The van der Waals surface area contributed by atoms with Gasteiger partial charge in [-0.3, -0.25) is 14.9 Å². The van der Waals surface area contributed by atoms with Crippen molar-refractivity contribution in [3.63, 3.8) is 0 Å². The minimum absolute atomic E-state index is 0.0765. The number of nitrogens with two attached hydrogens (primary N) is 1. The van der Waals surface area contributed by atoms with E-state index < -0.39 is 10.8 Å². The number of nitrogens with one attached hydrogen (secondary N) is 1. The van der Waals surface area contributed by atoms with Gasteiger partial charge in [-0.05, 0) is 6.07 Å². The van der Waals surface area contributed by atoms with Crippen LogP contribution in [0.5, 0.6) is 0 Å². The van der Waals surface area contributed by atoms with Crippen LogP contribution < -0.4 is 11.1 Å². The molecule has 0 bridgehead atoms. The average molecular weight is 306 g/mol. The smallest absolute Gasteiger partial charge is 0.292 e. The summed E-state index contributed by atoms with van der Waals surface area (Å²) in [6, 6.07) is 6.20. The van der Waals surface area contributed by atoms with Gasteiger partial charge in [-0.2, -0.15) is 0 Å². The summed E-state index contributed by atoms with van der Waals surface area (Å²) in [5.74, 6) is -0.534. The number of primary amides is 1. The van der Waals surface area contributed by atoms with Crippen LogP contribution in [-0.4, -0.2) is 15.8 Å². The molecular formula is C13H14N4O3S. The van der Waals surface area contributed by atoms with E-state index in [1.54, 1.807) is 18.2 Å². The summed E-state index contributed by atoms with van der Waals surface area (Å²) in [6.07, 6.45) is 0. The van der Waals surface area contributed by atoms with E-state index in [1.165, 1.54) is 17.4 Å². The van der Waals surface area contributed by atoms with Gasteiger partial charge in [-0.1, -0.05) is 26.0 Å². The molecule has 8 heteroatoms. The van der Waals surface area contributed by atoms with Gasteiger partial charge >= 0.3 is 0 Å². The van der Waals surface area contributed by atoms with Crippen LogP contribution in [0.25, 0.3) is 0 Å². The predicted molar refractivity (Wildman–Crippen MR) is 81.1 cm³/mol. The molecule has 0 aliphatic carbocycles. The highest BCUT2D eigenvalue weighted by atomic mass is 32.1. The first-order valence-corrected chi connectivity index (χ1v) is 7.02. The van der Waals surface area contributed by atoms with Crippen LogP contribution in [0.2, 0.25) is 0 Å². The van der Waals surface area contributed by atoms with Crippen LogP contribution in [-0.2, 0) is 0 Å². The van der Waals surface area contributed by atoms with Gasteiger partial charge in [0.05, 0.1) is 9.93 Å². The van der Waals surface area contributed by atoms with Gasteiger partial charge in [-0.15, -0.1) is 11.3 Å². The Hall–Kier alpha value is -2.48. The summed E-state index contributed by atoms with van der Waals surface area (Å²) in [5, 5.41) is 15.1. The summed E-state index contributed by atoms with van der Waals surface area (Å²) >= 11 is 1.27. The van der Waals surface area contributed by atoms with E-state index in [4.69, 9.17) is 5.73 Å². The van der Waals surface area contributed by atoms with E-state index >= 15 is 0 Å². The molecule has 21 heavy (non-hydrogen) atoms. The molecule has 0 saturated heterocycles. The first kappa shape index (κ1) is 14.9. The van der Waals surface area contributed by atoms with Gasteiger partial charge in [0.25, 0.3) is 11.6 Å². The van der Waals surface area contributed by atoms with Crippen molar-refractivity contribution < 1.29 is 9.72 Å². The van der Waals surface area contributed by atoms with Crippen LogP contribution in [0.1, 0.15) is 35.3 Å². The number of para-hydroxylation sites is 2. The van der Waals surface area contributed by atoms with Crippen molar-refractivity contribution in [2.45, 2.75) is 19.8 Å². The van der Waals surface area contributed by atoms with Gasteiger partial charge in [0.15, 0.2) is 5.69 Å². The lowest BCUT2D eigenvalue weighted by Crippen LogP contribution is -2.13. The fourth-order valence-electron chi connectivity index (χ4n) is 1.70. The number of anilines is 2. The number of rotatable bonds is 5. The Kier molecular flexibility index (Phi) is 4.18. The Morgan fingerprint density at radius 3 is 2.67 bits per heavy atom. The molecule has 0 aliphatic rings. The fourth-order valence-corrected chi connectivity index (χ4v) is 2.68. The fraction of sp³-hybridized carbons (Fsp3) is 0.231. The minimum atomic E-state index is -0.667. The number of carbonyl (C=O) groups excluding carboxylic acids is 1. The van der Waals surface area contributed by atoms with E-state index in [9.17, 15) is 14.9 Å². The van der Waals surface area contributed by atoms with Crippen molar-refractivity contribution in [1.29, 1.82) is 0 Å². The molecule has 1 aromatic heterocycles. The molecule has 0 fully saturated rings. The molecule has 1 aromatic carbocycles.